The Hall–Kier alpha value is -1.72. The van der Waals surface area contributed by atoms with Gasteiger partial charge in [-0.2, -0.15) is 13.2 Å². The summed E-state index contributed by atoms with van der Waals surface area (Å²) in [5.74, 6) is -2.09. The number of carboxylic acids is 1. The molecule has 29 heavy (non-hydrogen) atoms. The number of likely N-dealkylation sites (tertiary alicyclic amines) is 1. The minimum atomic E-state index is -5.08. The molecule has 2 saturated heterocycles. The van der Waals surface area contributed by atoms with E-state index in [1.54, 1.807) is 11.3 Å². The van der Waals surface area contributed by atoms with Gasteiger partial charge in [0, 0.05) is 24.0 Å². The fraction of sp³-hybridized carbons (Fsp3) is 0.722. The number of aliphatic carboxylic acids is 1. The number of carboxylic acid groups (broad SMARTS) is 1. The Bertz CT molecular complexity index is 738. The number of nitrogens with one attached hydrogen (secondary N) is 1. The molecule has 3 fully saturated rings. The second-order valence-electron chi connectivity index (χ2n) is 7.63. The number of carbonyl (C=O) groups excluding carboxylic acids is 1. The number of nitrogens with zero attached hydrogens (tertiary/aromatic N) is 2. The lowest BCUT2D eigenvalue weighted by Gasteiger charge is -2.33. The number of alkyl halides is 3. The molecule has 1 aliphatic carbocycles. The zero-order valence-corrected chi connectivity index (χ0v) is 16.8. The summed E-state index contributed by atoms with van der Waals surface area (Å²) in [7, 11) is 0. The smallest absolute Gasteiger partial charge is 0.475 e. The van der Waals surface area contributed by atoms with Crippen LogP contribution in [0.4, 0.5) is 13.2 Å². The van der Waals surface area contributed by atoms with E-state index >= 15 is 0 Å². The molecule has 0 unspecified atom stereocenters. The van der Waals surface area contributed by atoms with Crippen LogP contribution in [0.15, 0.2) is 5.51 Å². The molecule has 0 radical (unpaired) electrons. The average Bonchev–Trinajstić information content (AvgIpc) is 3.20. The van der Waals surface area contributed by atoms with Crippen LogP contribution in [0.5, 0.6) is 0 Å². The van der Waals surface area contributed by atoms with Gasteiger partial charge < -0.3 is 15.2 Å². The lowest BCUT2D eigenvalue weighted by atomic mass is 9.91. The van der Waals surface area contributed by atoms with Crippen LogP contribution in [-0.2, 0) is 20.9 Å². The molecule has 4 rings (SSSR count). The van der Waals surface area contributed by atoms with Crippen LogP contribution in [-0.4, -0.2) is 64.4 Å². The summed E-state index contributed by atoms with van der Waals surface area (Å²) in [5, 5.41) is 10.2. The fourth-order valence-electron chi connectivity index (χ4n) is 3.51. The summed E-state index contributed by atoms with van der Waals surface area (Å²) in [5.41, 5.74) is 3.06. The zero-order chi connectivity index (χ0) is 21.2. The number of carbonyl (C=O) groups is 2. The second-order valence-corrected chi connectivity index (χ2v) is 8.57. The van der Waals surface area contributed by atoms with E-state index in [-0.39, 0.29) is 18.1 Å². The first-order valence-electron chi connectivity index (χ1n) is 9.50. The SMILES string of the molecule is Cc1ncsc1CN1CC[C@H]2C[C@@H](C(=O)NC3CC3)O[C@H]2C1.O=C(O)C(F)(F)F. The molecule has 0 spiro atoms. The number of halogens is 3. The van der Waals surface area contributed by atoms with Crippen LogP contribution in [0, 0.1) is 12.8 Å². The van der Waals surface area contributed by atoms with Crippen LogP contribution in [0.2, 0.25) is 0 Å². The maximum Gasteiger partial charge on any atom is 0.490 e. The Balaban J connectivity index is 0.000000298. The molecule has 3 aliphatic rings. The van der Waals surface area contributed by atoms with Gasteiger partial charge in [0.2, 0.25) is 5.91 Å². The van der Waals surface area contributed by atoms with Crippen molar-refractivity contribution >= 4 is 23.2 Å². The van der Waals surface area contributed by atoms with Crippen molar-refractivity contribution in [2.24, 2.45) is 5.92 Å². The Morgan fingerprint density at radius 2 is 2.07 bits per heavy atom. The molecule has 3 atom stereocenters. The van der Waals surface area contributed by atoms with Crippen molar-refractivity contribution in [1.29, 1.82) is 0 Å². The van der Waals surface area contributed by atoms with Crippen molar-refractivity contribution in [1.82, 2.24) is 15.2 Å². The van der Waals surface area contributed by atoms with Gasteiger partial charge in [0.1, 0.15) is 6.10 Å². The van der Waals surface area contributed by atoms with E-state index in [1.165, 1.54) is 4.88 Å². The molecule has 0 aromatic carbocycles. The van der Waals surface area contributed by atoms with E-state index in [2.05, 4.69) is 22.1 Å². The number of amides is 1. The summed E-state index contributed by atoms with van der Waals surface area (Å²) in [6.45, 7) is 5.07. The largest absolute Gasteiger partial charge is 0.490 e. The van der Waals surface area contributed by atoms with Crippen LogP contribution in [0.1, 0.15) is 36.3 Å². The first-order chi connectivity index (χ1) is 13.6. The van der Waals surface area contributed by atoms with E-state index in [9.17, 15) is 18.0 Å². The summed E-state index contributed by atoms with van der Waals surface area (Å²) in [6.07, 6.45) is -0.787. The van der Waals surface area contributed by atoms with Crippen LogP contribution < -0.4 is 5.32 Å². The molecule has 2 aliphatic heterocycles. The standard InChI is InChI=1S/C16H23N3O2S.C2HF3O2/c1-10-15(22-9-17-10)8-19-5-4-11-6-13(21-14(11)7-19)16(20)18-12-2-3-12;3-2(4,5)1(6)7/h9,11-14H,2-8H2,1H3,(H,18,20);(H,6,7)/t11-,13-,14-;/m0./s1. The van der Waals surface area contributed by atoms with Gasteiger partial charge in [-0.15, -0.1) is 11.3 Å². The van der Waals surface area contributed by atoms with Crippen molar-refractivity contribution in [3.8, 4) is 0 Å². The van der Waals surface area contributed by atoms with Crippen molar-refractivity contribution in [3.63, 3.8) is 0 Å². The first-order valence-corrected chi connectivity index (χ1v) is 10.4. The summed E-state index contributed by atoms with van der Waals surface area (Å²) < 4.78 is 37.8. The Kier molecular flexibility index (Phi) is 6.79. The van der Waals surface area contributed by atoms with Crippen LogP contribution in [0.25, 0.3) is 0 Å². The van der Waals surface area contributed by atoms with Crippen LogP contribution >= 0.6 is 11.3 Å². The maximum atomic E-state index is 12.2. The number of fused-ring (bicyclic) bond motifs is 1. The molecule has 3 heterocycles. The molecule has 162 valence electrons. The van der Waals surface area contributed by atoms with Gasteiger partial charge in [0.15, 0.2) is 0 Å². The number of aromatic nitrogens is 1. The summed E-state index contributed by atoms with van der Waals surface area (Å²) >= 11 is 1.73. The zero-order valence-electron chi connectivity index (χ0n) is 15.9. The Labute approximate surface area is 170 Å². The minimum Gasteiger partial charge on any atom is -0.475 e. The molecule has 0 bridgehead atoms. The highest BCUT2D eigenvalue weighted by Gasteiger charge is 2.42. The monoisotopic (exact) mass is 435 g/mol. The van der Waals surface area contributed by atoms with Gasteiger partial charge >= 0.3 is 12.1 Å². The third kappa shape index (κ3) is 6.13. The molecular weight excluding hydrogens is 411 g/mol. The van der Waals surface area contributed by atoms with E-state index in [1.807, 2.05) is 5.51 Å². The predicted octanol–water partition coefficient (Wildman–Crippen LogP) is 2.34. The van der Waals surface area contributed by atoms with Crippen molar-refractivity contribution in [2.45, 2.75) is 63.6 Å². The van der Waals surface area contributed by atoms with E-state index in [4.69, 9.17) is 14.6 Å². The van der Waals surface area contributed by atoms with Gasteiger partial charge in [0.05, 0.1) is 17.3 Å². The molecule has 7 nitrogen and oxygen atoms in total. The fourth-order valence-corrected chi connectivity index (χ4v) is 4.33. The highest BCUT2D eigenvalue weighted by Crippen LogP contribution is 2.34. The Morgan fingerprint density at radius 1 is 1.38 bits per heavy atom. The van der Waals surface area contributed by atoms with Gasteiger partial charge in [-0.25, -0.2) is 9.78 Å². The number of aryl methyl sites for hydroxylation is 1. The van der Waals surface area contributed by atoms with Gasteiger partial charge in [-0.3, -0.25) is 9.69 Å². The van der Waals surface area contributed by atoms with E-state index < -0.39 is 12.1 Å². The van der Waals surface area contributed by atoms with Crippen LogP contribution in [0.3, 0.4) is 0 Å². The second kappa shape index (κ2) is 8.97. The third-order valence-corrected chi connectivity index (χ3v) is 6.23. The quantitative estimate of drug-likeness (QED) is 0.755. The van der Waals surface area contributed by atoms with E-state index in [0.29, 0.717) is 12.0 Å². The number of hydrogen-bond donors (Lipinski definition) is 2. The summed E-state index contributed by atoms with van der Waals surface area (Å²) in [6, 6.07) is 0.421. The molecule has 11 heteroatoms. The van der Waals surface area contributed by atoms with E-state index in [0.717, 1.165) is 51.0 Å². The number of rotatable bonds is 4. The topological polar surface area (TPSA) is 91.8 Å². The molecular formula is C18H24F3N3O4S. The molecule has 1 saturated carbocycles. The van der Waals surface area contributed by atoms with Gasteiger partial charge in [-0.05, 0) is 45.1 Å². The summed E-state index contributed by atoms with van der Waals surface area (Å²) in [4.78, 5) is 29.2. The highest BCUT2D eigenvalue weighted by atomic mass is 32.1. The van der Waals surface area contributed by atoms with Crippen molar-refractivity contribution in [3.05, 3.63) is 16.1 Å². The molecule has 1 aromatic rings. The minimum absolute atomic E-state index is 0.113. The first kappa shape index (κ1) is 22.0. The predicted molar refractivity (Wildman–Crippen MR) is 98.4 cm³/mol. The Morgan fingerprint density at radius 3 is 2.62 bits per heavy atom. The normalized spacial score (nSPS) is 27.0. The molecule has 2 N–H and O–H groups in total. The number of hydrogen-bond acceptors (Lipinski definition) is 6. The molecule has 1 amide bonds. The third-order valence-electron chi connectivity index (χ3n) is 5.31. The maximum absolute atomic E-state index is 12.2. The molecule has 1 aromatic heterocycles. The number of thiazole rings is 1. The number of piperidine rings is 1. The lowest BCUT2D eigenvalue weighted by Crippen LogP contribution is -2.42. The van der Waals surface area contributed by atoms with Crippen molar-refractivity contribution < 1.29 is 32.6 Å². The average molecular weight is 435 g/mol. The highest BCUT2D eigenvalue weighted by molar-refractivity contribution is 7.09. The van der Waals surface area contributed by atoms with Gasteiger partial charge in [-0.1, -0.05) is 0 Å². The number of ether oxygens (including phenoxy) is 1. The lowest BCUT2D eigenvalue weighted by molar-refractivity contribution is -0.192. The van der Waals surface area contributed by atoms with Crippen molar-refractivity contribution in [2.75, 3.05) is 13.1 Å². The van der Waals surface area contributed by atoms with Gasteiger partial charge in [0.25, 0.3) is 0 Å².